The van der Waals surface area contributed by atoms with Crippen LogP contribution in [0.5, 0.6) is 5.75 Å². The van der Waals surface area contributed by atoms with Gasteiger partial charge in [-0.15, -0.1) is 0 Å². The average Bonchev–Trinajstić information content (AvgIpc) is 3.32. The molecule has 2 aromatic rings. The minimum absolute atomic E-state index is 0.631. The maximum Gasteiger partial charge on any atom is 0.139 e. The van der Waals surface area contributed by atoms with Crippen molar-refractivity contribution in [2.45, 2.75) is 25.3 Å². The van der Waals surface area contributed by atoms with E-state index in [9.17, 15) is 0 Å². The lowest BCUT2D eigenvalue weighted by atomic mass is 10.1. The molecule has 104 valence electrons. The summed E-state index contributed by atoms with van der Waals surface area (Å²) in [6, 6.07) is 14.6. The summed E-state index contributed by atoms with van der Waals surface area (Å²) in [5, 5.41) is 4.02. The van der Waals surface area contributed by atoms with Gasteiger partial charge in [-0.25, -0.2) is 0 Å². The van der Waals surface area contributed by atoms with Crippen molar-refractivity contribution in [3.63, 3.8) is 0 Å². The van der Waals surface area contributed by atoms with E-state index in [1.54, 1.807) is 7.11 Å². The third-order valence-electron chi connectivity index (χ3n) is 3.68. The minimum Gasteiger partial charge on any atom is -0.495 e. The van der Waals surface area contributed by atoms with E-state index in [-0.39, 0.29) is 0 Å². The Kier molecular flexibility index (Phi) is 3.83. The summed E-state index contributed by atoms with van der Waals surface area (Å²) in [4.78, 5) is 0. The Bertz CT molecular complexity index is 590. The molecule has 0 spiro atoms. The SMILES string of the molecule is COc1cc(NCc2ccc(C3CC3)cc2)ccc1Cl. The van der Waals surface area contributed by atoms with Gasteiger partial charge in [0.25, 0.3) is 0 Å². The molecule has 1 saturated carbocycles. The quantitative estimate of drug-likeness (QED) is 0.850. The molecular weight excluding hydrogens is 270 g/mol. The molecule has 1 aliphatic carbocycles. The third-order valence-corrected chi connectivity index (χ3v) is 3.99. The molecule has 0 aliphatic heterocycles. The Hall–Kier alpha value is -1.67. The molecule has 0 radical (unpaired) electrons. The predicted molar refractivity (Wildman–Crippen MR) is 83.7 cm³/mol. The van der Waals surface area contributed by atoms with Crippen molar-refractivity contribution in [2.24, 2.45) is 0 Å². The molecule has 3 rings (SSSR count). The Labute approximate surface area is 124 Å². The molecule has 2 aromatic carbocycles. The second kappa shape index (κ2) is 5.76. The minimum atomic E-state index is 0.631. The van der Waals surface area contributed by atoms with Crippen LogP contribution >= 0.6 is 11.6 Å². The molecule has 0 aromatic heterocycles. The van der Waals surface area contributed by atoms with Crippen LogP contribution in [-0.4, -0.2) is 7.11 Å². The van der Waals surface area contributed by atoms with Crippen molar-refractivity contribution in [2.75, 3.05) is 12.4 Å². The molecule has 1 fully saturated rings. The van der Waals surface area contributed by atoms with E-state index >= 15 is 0 Å². The van der Waals surface area contributed by atoms with Crippen LogP contribution in [0.3, 0.4) is 0 Å². The highest BCUT2D eigenvalue weighted by atomic mass is 35.5. The van der Waals surface area contributed by atoms with Gasteiger partial charge in [-0.3, -0.25) is 0 Å². The van der Waals surface area contributed by atoms with E-state index in [1.807, 2.05) is 18.2 Å². The number of hydrogen-bond donors (Lipinski definition) is 1. The first kappa shape index (κ1) is 13.3. The van der Waals surface area contributed by atoms with Crippen LogP contribution in [0.15, 0.2) is 42.5 Å². The summed E-state index contributed by atoms with van der Waals surface area (Å²) in [5.74, 6) is 1.51. The van der Waals surface area contributed by atoms with Gasteiger partial charge in [0, 0.05) is 18.3 Å². The molecule has 0 amide bonds. The monoisotopic (exact) mass is 287 g/mol. The van der Waals surface area contributed by atoms with Crippen LogP contribution in [0.4, 0.5) is 5.69 Å². The standard InChI is InChI=1S/C17H18ClNO/c1-20-17-10-15(8-9-16(17)18)19-11-12-2-4-13(5-3-12)14-6-7-14/h2-5,8-10,14,19H,6-7,11H2,1H3. The number of benzene rings is 2. The largest absolute Gasteiger partial charge is 0.495 e. The molecule has 20 heavy (non-hydrogen) atoms. The second-order valence-corrected chi connectivity index (χ2v) is 5.63. The maximum atomic E-state index is 6.01. The van der Waals surface area contributed by atoms with E-state index in [4.69, 9.17) is 16.3 Å². The lowest BCUT2D eigenvalue weighted by Crippen LogP contribution is -1.99. The summed E-state index contributed by atoms with van der Waals surface area (Å²) < 4.78 is 5.21. The second-order valence-electron chi connectivity index (χ2n) is 5.22. The zero-order valence-corrected chi connectivity index (χ0v) is 12.3. The first-order valence-electron chi connectivity index (χ1n) is 6.92. The Balaban J connectivity index is 1.63. The molecule has 1 aliphatic rings. The number of nitrogens with one attached hydrogen (secondary N) is 1. The van der Waals surface area contributed by atoms with Crippen molar-refractivity contribution in [1.29, 1.82) is 0 Å². The highest BCUT2D eigenvalue weighted by molar-refractivity contribution is 6.32. The molecule has 3 heteroatoms. The van der Waals surface area contributed by atoms with Crippen molar-refractivity contribution < 1.29 is 4.74 Å². The highest BCUT2D eigenvalue weighted by Crippen LogP contribution is 2.39. The van der Waals surface area contributed by atoms with Gasteiger partial charge in [-0.2, -0.15) is 0 Å². The van der Waals surface area contributed by atoms with Crippen LogP contribution in [0.2, 0.25) is 5.02 Å². The van der Waals surface area contributed by atoms with Crippen molar-refractivity contribution in [3.8, 4) is 5.75 Å². The summed E-state index contributed by atoms with van der Waals surface area (Å²) >= 11 is 6.01. The summed E-state index contributed by atoms with van der Waals surface area (Å²) in [7, 11) is 1.63. The summed E-state index contributed by atoms with van der Waals surface area (Å²) in [5.41, 5.74) is 3.77. The fourth-order valence-electron chi connectivity index (χ4n) is 2.30. The lowest BCUT2D eigenvalue weighted by Gasteiger charge is -2.10. The number of hydrogen-bond acceptors (Lipinski definition) is 2. The Morgan fingerprint density at radius 2 is 1.90 bits per heavy atom. The van der Waals surface area contributed by atoms with E-state index in [0.29, 0.717) is 10.8 Å². The number of rotatable bonds is 5. The van der Waals surface area contributed by atoms with Crippen molar-refractivity contribution in [1.82, 2.24) is 0 Å². The number of ether oxygens (including phenoxy) is 1. The van der Waals surface area contributed by atoms with Crippen molar-refractivity contribution >= 4 is 17.3 Å². The Morgan fingerprint density at radius 3 is 2.55 bits per heavy atom. The van der Waals surface area contributed by atoms with Gasteiger partial charge >= 0.3 is 0 Å². The van der Waals surface area contributed by atoms with Crippen LogP contribution in [0, 0.1) is 0 Å². The molecule has 1 N–H and O–H groups in total. The van der Waals surface area contributed by atoms with Gasteiger partial charge in [-0.05, 0) is 42.0 Å². The normalized spacial score (nSPS) is 14.1. The lowest BCUT2D eigenvalue weighted by molar-refractivity contribution is 0.415. The number of methoxy groups -OCH3 is 1. The van der Waals surface area contributed by atoms with Gasteiger partial charge in [0.15, 0.2) is 0 Å². The molecule has 0 unspecified atom stereocenters. The maximum absolute atomic E-state index is 6.01. The first-order chi connectivity index (χ1) is 9.76. The zero-order valence-electron chi connectivity index (χ0n) is 11.5. The summed E-state index contributed by atoms with van der Waals surface area (Å²) in [6.45, 7) is 0.801. The van der Waals surface area contributed by atoms with Crippen LogP contribution < -0.4 is 10.1 Å². The van der Waals surface area contributed by atoms with E-state index in [2.05, 4.69) is 29.6 Å². The smallest absolute Gasteiger partial charge is 0.139 e. The average molecular weight is 288 g/mol. The van der Waals surface area contributed by atoms with Gasteiger partial charge < -0.3 is 10.1 Å². The van der Waals surface area contributed by atoms with Crippen molar-refractivity contribution in [3.05, 3.63) is 58.6 Å². The highest BCUT2D eigenvalue weighted by Gasteiger charge is 2.22. The number of anilines is 1. The fourth-order valence-corrected chi connectivity index (χ4v) is 2.49. The molecule has 0 heterocycles. The van der Waals surface area contributed by atoms with Gasteiger partial charge in [0.05, 0.1) is 12.1 Å². The van der Waals surface area contributed by atoms with Gasteiger partial charge in [0.1, 0.15) is 5.75 Å². The topological polar surface area (TPSA) is 21.3 Å². The van der Waals surface area contributed by atoms with Crippen LogP contribution in [0.25, 0.3) is 0 Å². The van der Waals surface area contributed by atoms with E-state index < -0.39 is 0 Å². The van der Waals surface area contributed by atoms with Gasteiger partial charge in [-0.1, -0.05) is 35.9 Å². The first-order valence-corrected chi connectivity index (χ1v) is 7.30. The van der Waals surface area contributed by atoms with Gasteiger partial charge in [0.2, 0.25) is 0 Å². The van der Waals surface area contributed by atoms with Crippen LogP contribution in [0.1, 0.15) is 29.9 Å². The van der Waals surface area contributed by atoms with E-state index in [1.165, 1.54) is 24.0 Å². The van der Waals surface area contributed by atoms with E-state index in [0.717, 1.165) is 18.2 Å². The van der Waals surface area contributed by atoms with Crippen LogP contribution in [-0.2, 0) is 6.54 Å². The molecular formula is C17H18ClNO. The molecule has 0 saturated heterocycles. The fraction of sp³-hybridized carbons (Fsp3) is 0.294. The molecule has 0 bridgehead atoms. The molecule has 2 nitrogen and oxygen atoms in total. The summed E-state index contributed by atoms with van der Waals surface area (Å²) in [6.07, 6.45) is 2.70. The number of halogens is 1. The predicted octanol–water partition coefficient (Wildman–Crippen LogP) is 4.84. The molecule has 0 atom stereocenters. The Morgan fingerprint density at radius 1 is 1.15 bits per heavy atom. The third kappa shape index (κ3) is 3.07. The zero-order chi connectivity index (χ0) is 13.9.